The van der Waals surface area contributed by atoms with Gasteiger partial charge in [-0.25, -0.2) is 4.98 Å². The van der Waals surface area contributed by atoms with Crippen molar-refractivity contribution in [2.24, 2.45) is 0 Å². The third-order valence-electron chi connectivity index (χ3n) is 5.17. The number of rotatable bonds is 6. The average Bonchev–Trinajstić information content (AvgIpc) is 3.36. The highest BCUT2D eigenvalue weighted by Crippen LogP contribution is 2.34. The topological polar surface area (TPSA) is 123 Å². The van der Waals surface area contributed by atoms with Gasteiger partial charge in [-0.05, 0) is 25.0 Å². The van der Waals surface area contributed by atoms with Gasteiger partial charge in [-0.15, -0.1) is 0 Å². The molecule has 4 aromatic heterocycles. The first-order chi connectivity index (χ1) is 15.1. The third kappa shape index (κ3) is 3.29. The minimum Gasteiger partial charge on any atom is -0.373 e. The van der Waals surface area contributed by atoms with Crippen molar-refractivity contribution in [3.8, 4) is 5.82 Å². The molecule has 5 rings (SSSR count). The summed E-state index contributed by atoms with van der Waals surface area (Å²) in [4.78, 5) is 29.8. The maximum atomic E-state index is 13.1. The highest BCUT2D eigenvalue weighted by molar-refractivity contribution is 5.99. The van der Waals surface area contributed by atoms with Crippen LogP contribution in [0.15, 0.2) is 47.7 Å². The Labute approximate surface area is 176 Å². The van der Waals surface area contributed by atoms with Crippen LogP contribution in [0.5, 0.6) is 0 Å². The molecule has 0 saturated heterocycles. The van der Waals surface area contributed by atoms with E-state index >= 15 is 0 Å². The van der Waals surface area contributed by atoms with E-state index in [-0.39, 0.29) is 11.5 Å². The number of anilines is 3. The van der Waals surface area contributed by atoms with E-state index in [1.807, 2.05) is 16.9 Å². The van der Waals surface area contributed by atoms with Gasteiger partial charge in [0.1, 0.15) is 22.9 Å². The molecule has 11 heteroatoms. The minimum absolute atomic E-state index is 0.253. The van der Waals surface area contributed by atoms with Crippen LogP contribution in [0.4, 0.5) is 17.3 Å². The zero-order valence-corrected chi connectivity index (χ0v) is 17.0. The smallest absolute Gasteiger partial charge is 0.280 e. The molecule has 3 N–H and O–H groups in total. The summed E-state index contributed by atoms with van der Waals surface area (Å²) in [6.07, 6.45) is 7.27. The number of hydrogen-bond acceptors (Lipinski definition) is 7. The van der Waals surface area contributed by atoms with Gasteiger partial charge in [0.15, 0.2) is 11.5 Å². The van der Waals surface area contributed by atoms with E-state index in [2.05, 4.69) is 31.1 Å². The standard InChI is InChI=1S/C20H21N9O2/c1-21-17-10-15(25-18-13(19(30)22-2)11-23-29(17)18)24-14-4-3-8-27(20(14)31)16-7-9-28(26-16)12-5-6-12/h3-4,7-12,21H,5-6H2,1-2H3,(H,22,30)(H,24,25). The second-order valence-corrected chi connectivity index (χ2v) is 7.26. The summed E-state index contributed by atoms with van der Waals surface area (Å²) in [5.74, 6) is 1.29. The quantitative estimate of drug-likeness (QED) is 0.433. The lowest BCUT2D eigenvalue weighted by Crippen LogP contribution is -2.21. The molecule has 4 heterocycles. The lowest BCUT2D eigenvalue weighted by atomic mass is 10.3. The van der Waals surface area contributed by atoms with E-state index in [9.17, 15) is 9.59 Å². The molecule has 158 valence electrons. The van der Waals surface area contributed by atoms with Crippen LogP contribution >= 0.6 is 0 Å². The average molecular weight is 419 g/mol. The molecule has 0 radical (unpaired) electrons. The lowest BCUT2D eigenvalue weighted by molar-refractivity contribution is 0.0964. The Morgan fingerprint density at radius 1 is 1.19 bits per heavy atom. The molecular weight excluding hydrogens is 398 g/mol. The van der Waals surface area contributed by atoms with Crippen molar-refractivity contribution >= 4 is 28.9 Å². The van der Waals surface area contributed by atoms with Crippen LogP contribution in [0.1, 0.15) is 29.2 Å². The normalized spacial score (nSPS) is 13.4. The molecule has 1 fully saturated rings. The number of pyridine rings is 1. The number of nitrogens with zero attached hydrogens (tertiary/aromatic N) is 6. The Kier molecular flexibility index (Phi) is 4.42. The van der Waals surface area contributed by atoms with Crippen molar-refractivity contribution in [2.75, 3.05) is 24.7 Å². The number of hydrogen-bond donors (Lipinski definition) is 3. The van der Waals surface area contributed by atoms with Gasteiger partial charge in [-0.3, -0.25) is 18.8 Å². The third-order valence-corrected chi connectivity index (χ3v) is 5.17. The van der Waals surface area contributed by atoms with E-state index in [0.717, 1.165) is 12.8 Å². The van der Waals surface area contributed by atoms with Crippen LogP contribution in [0.2, 0.25) is 0 Å². The van der Waals surface area contributed by atoms with Crippen molar-refractivity contribution in [3.05, 3.63) is 58.8 Å². The Morgan fingerprint density at radius 3 is 2.77 bits per heavy atom. The van der Waals surface area contributed by atoms with E-state index in [4.69, 9.17) is 0 Å². The van der Waals surface area contributed by atoms with Crippen LogP contribution in [0.25, 0.3) is 11.5 Å². The molecule has 4 aromatic rings. The molecule has 1 aliphatic rings. The summed E-state index contributed by atoms with van der Waals surface area (Å²) in [6.45, 7) is 0. The molecule has 0 bridgehead atoms. The summed E-state index contributed by atoms with van der Waals surface area (Å²) in [5, 5.41) is 17.4. The summed E-state index contributed by atoms with van der Waals surface area (Å²) in [6, 6.07) is 7.43. The van der Waals surface area contributed by atoms with Gasteiger partial charge in [0.2, 0.25) is 0 Å². The van der Waals surface area contributed by atoms with Gasteiger partial charge in [-0.1, -0.05) is 0 Å². The molecule has 0 aliphatic heterocycles. The van der Waals surface area contributed by atoms with E-state index in [1.165, 1.54) is 15.3 Å². The fourth-order valence-electron chi connectivity index (χ4n) is 3.41. The zero-order chi connectivity index (χ0) is 21.5. The molecule has 0 spiro atoms. The largest absolute Gasteiger partial charge is 0.373 e. The first-order valence-corrected chi connectivity index (χ1v) is 9.92. The van der Waals surface area contributed by atoms with Crippen molar-refractivity contribution in [1.29, 1.82) is 0 Å². The van der Waals surface area contributed by atoms with Gasteiger partial charge in [0, 0.05) is 38.6 Å². The number of fused-ring (bicyclic) bond motifs is 1. The summed E-state index contributed by atoms with van der Waals surface area (Å²) in [7, 11) is 3.29. The van der Waals surface area contributed by atoms with Crippen LogP contribution in [-0.4, -0.2) is 48.9 Å². The molecule has 31 heavy (non-hydrogen) atoms. The van der Waals surface area contributed by atoms with Gasteiger partial charge < -0.3 is 16.0 Å². The minimum atomic E-state index is -0.296. The van der Waals surface area contributed by atoms with Crippen molar-refractivity contribution in [3.63, 3.8) is 0 Å². The van der Waals surface area contributed by atoms with E-state index in [0.29, 0.717) is 40.4 Å². The van der Waals surface area contributed by atoms with E-state index in [1.54, 1.807) is 38.5 Å². The number of carbonyl (C=O) groups is 1. The van der Waals surface area contributed by atoms with Crippen LogP contribution in [0, 0.1) is 0 Å². The van der Waals surface area contributed by atoms with Crippen molar-refractivity contribution in [1.82, 2.24) is 34.3 Å². The molecule has 0 atom stereocenters. The number of carbonyl (C=O) groups excluding carboxylic acids is 1. The fourth-order valence-corrected chi connectivity index (χ4v) is 3.41. The molecule has 1 amide bonds. The Balaban J connectivity index is 1.53. The summed E-state index contributed by atoms with van der Waals surface area (Å²) in [5.41, 5.74) is 0.784. The summed E-state index contributed by atoms with van der Waals surface area (Å²) < 4.78 is 4.92. The highest BCUT2D eigenvalue weighted by atomic mass is 16.1. The van der Waals surface area contributed by atoms with Gasteiger partial charge in [-0.2, -0.15) is 14.7 Å². The fraction of sp³-hybridized carbons (Fsp3) is 0.250. The monoisotopic (exact) mass is 419 g/mol. The van der Waals surface area contributed by atoms with Crippen LogP contribution in [0.3, 0.4) is 0 Å². The van der Waals surface area contributed by atoms with Crippen molar-refractivity contribution in [2.45, 2.75) is 18.9 Å². The molecular formula is C20H21N9O2. The Morgan fingerprint density at radius 2 is 2.03 bits per heavy atom. The maximum Gasteiger partial charge on any atom is 0.280 e. The highest BCUT2D eigenvalue weighted by Gasteiger charge is 2.24. The Hall–Kier alpha value is -4.15. The second-order valence-electron chi connectivity index (χ2n) is 7.26. The Bertz CT molecular complexity index is 1350. The molecule has 0 aromatic carbocycles. The molecule has 0 unspecified atom stereocenters. The summed E-state index contributed by atoms with van der Waals surface area (Å²) >= 11 is 0. The SMILES string of the molecule is CNC(=O)c1cnn2c(NC)cc(Nc3cccn(-c4ccn(C5CC5)n4)c3=O)nc12. The number of nitrogens with one attached hydrogen (secondary N) is 3. The van der Waals surface area contributed by atoms with Gasteiger partial charge in [0.25, 0.3) is 11.5 Å². The second kappa shape index (κ2) is 7.27. The number of amides is 1. The molecule has 1 aliphatic carbocycles. The molecule has 11 nitrogen and oxygen atoms in total. The van der Waals surface area contributed by atoms with Crippen LogP contribution < -0.4 is 21.5 Å². The number of aromatic nitrogens is 6. The maximum absolute atomic E-state index is 13.1. The van der Waals surface area contributed by atoms with Crippen LogP contribution in [-0.2, 0) is 0 Å². The zero-order valence-electron chi connectivity index (χ0n) is 17.0. The van der Waals surface area contributed by atoms with Crippen molar-refractivity contribution < 1.29 is 4.79 Å². The van der Waals surface area contributed by atoms with Gasteiger partial charge >= 0.3 is 0 Å². The first kappa shape index (κ1) is 18.9. The van der Waals surface area contributed by atoms with E-state index < -0.39 is 0 Å². The molecule has 1 saturated carbocycles. The van der Waals surface area contributed by atoms with Gasteiger partial charge in [0.05, 0.1) is 12.2 Å². The lowest BCUT2D eigenvalue weighted by Gasteiger charge is -2.11. The predicted molar refractivity (Wildman–Crippen MR) is 115 cm³/mol. The first-order valence-electron chi connectivity index (χ1n) is 9.92. The predicted octanol–water partition coefficient (Wildman–Crippen LogP) is 1.56.